The summed E-state index contributed by atoms with van der Waals surface area (Å²) in [7, 11) is 0. The Labute approximate surface area is 258 Å². The maximum atomic E-state index is 14.4. The molecule has 0 spiro atoms. The topological polar surface area (TPSA) is 77.2 Å². The molecule has 2 aliphatic rings. The SMILES string of the molecule is CCCCCCCCOC1C(C)CCC2C(C)(C)C12C(=O)CCc1cc(-n2nc3ccccc3n2)c(O)c(C(C)(C)C)c1. The highest BCUT2D eigenvalue weighted by Gasteiger charge is 2.79. The van der Waals surface area contributed by atoms with Gasteiger partial charge in [-0.05, 0) is 72.1 Å². The molecule has 1 aromatic heterocycles. The summed E-state index contributed by atoms with van der Waals surface area (Å²) in [6, 6.07) is 11.7. The smallest absolute Gasteiger partial charge is 0.146 e. The molecule has 5 rings (SSSR count). The minimum absolute atomic E-state index is 0.00869. The number of aryl methyl sites for hydroxylation is 1. The van der Waals surface area contributed by atoms with Gasteiger partial charge in [-0.15, -0.1) is 15.0 Å². The van der Waals surface area contributed by atoms with Crippen molar-refractivity contribution < 1.29 is 14.6 Å². The van der Waals surface area contributed by atoms with Crippen LogP contribution in [0, 0.1) is 22.7 Å². The van der Waals surface area contributed by atoms with Crippen LogP contribution in [0.1, 0.15) is 117 Å². The first-order chi connectivity index (χ1) is 20.4. The van der Waals surface area contributed by atoms with Crippen molar-refractivity contribution in [3.63, 3.8) is 0 Å². The van der Waals surface area contributed by atoms with Crippen LogP contribution in [0.25, 0.3) is 16.7 Å². The van der Waals surface area contributed by atoms with Gasteiger partial charge in [0.15, 0.2) is 0 Å². The average molecular weight is 588 g/mol. The Balaban J connectivity index is 1.36. The molecule has 0 amide bonds. The molecule has 0 saturated heterocycles. The maximum Gasteiger partial charge on any atom is 0.146 e. The van der Waals surface area contributed by atoms with Crippen molar-refractivity contribution in [2.24, 2.45) is 22.7 Å². The molecular weight excluding hydrogens is 534 g/mol. The van der Waals surface area contributed by atoms with Gasteiger partial charge < -0.3 is 9.84 Å². The molecule has 2 fully saturated rings. The zero-order valence-electron chi connectivity index (χ0n) is 27.6. The quantitative estimate of drug-likeness (QED) is 0.202. The normalized spacial score (nSPS) is 24.7. The van der Waals surface area contributed by atoms with Crippen molar-refractivity contribution in [1.82, 2.24) is 15.0 Å². The van der Waals surface area contributed by atoms with Crippen LogP contribution in [-0.4, -0.2) is 38.6 Å². The van der Waals surface area contributed by atoms with Crippen LogP contribution in [0.5, 0.6) is 5.75 Å². The Morgan fingerprint density at radius 3 is 2.33 bits per heavy atom. The van der Waals surface area contributed by atoms with E-state index >= 15 is 0 Å². The second-order valence-electron chi connectivity index (χ2n) is 14.9. The third-order valence-electron chi connectivity index (χ3n) is 10.6. The van der Waals surface area contributed by atoms with Gasteiger partial charge in [0, 0.05) is 18.6 Å². The summed E-state index contributed by atoms with van der Waals surface area (Å²) in [4.78, 5) is 15.9. The molecule has 3 aromatic rings. The number of fused-ring (bicyclic) bond motifs is 2. The second kappa shape index (κ2) is 12.3. The van der Waals surface area contributed by atoms with Crippen LogP contribution in [0.15, 0.2) is 36.4 Å². The zero-order valence-corrected chi connectivity index (χ0v) is 27.6. The lowest BCUT2D eigenvalue weighted by Crippen LogP contribution is -2.43. The number of rotatable bonds is 13. The molecule has 2 saturated carbocycles. The Hall–Kier alpha value is -2.73. The molecule has 4 unspecified atom stereocenters. The van der Waals surface area contributed by atoms with Crippen molar-refractivity contribution in [2.75, 3.05) is 6.61 Å². The van der Waals surface area contributed by atoms with E-state index in [2.05, 4.69) is 64.7 Å². The third kappa shape index (κ3) is 5.89. The number of carbonyl (C=O) groups is 1. The van der Waals surface area contributed by atoms with Gasteiger partial charge in [0.25, 0.3) is 0 Å². The fourth-order valence-electron chi connectivity index (χ4n) is 8.17. The predicted molar refractivity (Wildman–Crippen MR) is 174 cm³/mol. The van der Waals surface area contributed by atoms with Crippen LogP contribution in [0.2, 0.25) is 0 Å². The number of phenols is 1. The van der Waals surface area contributed by atoms with Crippen molar-refractivity contribution in [1.29, 1.82) is 0 Å². The number of phenolic OH excluding ortho intramolecular Hbond substituents is 1. The monoisotopic (exact) mass is 587 g/mol. The number of hydrogen-bond donors (Lipinski definition) is 1. The van der Waals surface area contributed by atoms with Crippen molar-refractivity contribution in [2.45, 2.75) is 124 Å². The summed E-state index contributed by atoms with van der Waals surface area (Å²) in [5.41, 5.74) is 3.23. The summed E-state index contributed by atoms with van der Waals surface area (Å²) in [6.45, 7) is 16.2. The lowest BCUT2D eigenvalue weighted by atomic mass is 9.73. The number of unbranched alkanes of at least 4 members (excludes halogenated alkanes) is 5. The number of benzene rings is 2. The third-order valence-corrected chi connectivity index (χ3v) is 10.6. The summed E-state index contributed by atoms with van der Waals surface area (Å²) < 4.78 is 6.68. The van der Waals surface area contributed by atoms with Crippen LogP contribution in [0.3, 0.4) is 0 Å². The fraction of sp³-hybridized carbons (Fsp3) is 0.649. The van der Waals surface area contributed by atoms with Gasteiger partial charge in [0.1, 0.15) is 28.3 Å². The highest BCUT2D eigenvalue weighted by molar-refractivity contribution is 5.91. The minimum Gasteiger partial charge on any atom is -0.505 e. The Morgan fingerprint density at radius 1 is 1.02 bits per heavy atom. The van der Waals surface area contributed by atoms with E-state index in [-0.39, 0.29) is 22.7 Å². The Morgan fingerprint density at radius 2 is 1.67 bits per heavy atom. The van der Waals surface area contributed by atoms with Crippen LogP contribution < -0.4 is 0 Å². The van der Waals surface area contributed by atoms with Crippen molar-refractivity contribution in [3.8, 4) is 11.4 Å². The molecule has 1 N–H and O–H groups in total. The number of ketones is 1. The van der Waals surface area contributed by atoms with Gasteiger partial charge in [-0.25, -0.2) is 0 Å². The molecule has 43 heavy (non-hydrogen) atoms. The first-order valence-electron chi connectivity index (χ1n) is 16.8. The number of carbonyl (C=O) groups excluding carboxylic acids is 1. The standard InChI is InChI=1S/C37H53N3O3/c1-8-9-10-11-12-15-22-43-34-25(2)18-20-31-36(6,7)37(31,34)32(41)21-19-26-23-27(35(3,4)5)33(42)30(24-26)40-38-28-16-13-14-17-29(28)39-40/h13-14,16-17,23-25,31,34,42H,8-12,15,18-22H2,1-7H3. The fourth-order valence-corrected chi connectivity index (χ4v) is 8.17. The molecule has 6 heteroatoms. The summed E-state index contributed by atoms with van der Waals surface area (Å²) in [5.74, 6) is 1.31. The first kappa shape index (κ1) is 31.7. The summed E-state index contributed by atoms with van der Waals surface area (Å²) in [5, 5.41) is 20.7. The number of nitrogens with zero attached hydrogens (tertiary/aromatic N) is 3. The van der Waals surface area contributed by atoms with E-state index in [1.54, 1.807) is 0 Å². The van der Waals surface area contributed by atoms with Gasteiger partial charge in [0.05, 0.1) is 11.5 Å². The van der Waals surface area contributed by atoms with Gasteiger partial charge >= 0.3 is 0 Å². The predicted octanol–water partition coefficient (Wildman–Crippen LogP) is 8.74. The number of ether oxygens (including phenoxy) is 1. The van der Waals surface area contributed by atoms with Gasteiger partial charge in [0.2, 0.25) is 0 Å². The summed E-state index contributed by atoms with van der Waals surface area (Å²) in [6.07, 6.45) is 10.7. The zero-order chi connectivity index (χ0) is 31.0. The number of hydrogen-bond acceptors (Lipinski definition) is 5. The number of aromatic hydroxyl groups is 1. The van der Waals surface area contributed by atoms with E-state index in [0.29, 0.717) is 36.1 Å². The number of aromatic nitrogens is 3. The highest BCUT2D eigenvalue weighted by Crippen LogP contribution is 2.76. The van der Waals surface area contributed by atoms with Crippen LogP contribution in [-0.2, 0) is 21.4 Å². The van der Waals surface area contributed by atoms with E-state index in [4.69, 9.17) is 4.74 Å². The molecule has 1 heterocycles. The van der Waals surface area contributed by atoms with E-state index in [9.17, 15) is 9.90 Å². The van der Waals surface area contributed by atoms with Crippen LogP contribution in [0.4, 0.5) is 0 Å². The average Bonchev–Trinajstić information content (AvgIpc) is 3.24. The van der Waals surface area contributed by atoms with E-state index < -0.39 is 5.41 Å². The Kier molecular flexibility index (Phi) is 9.09. The number of Topliss-reactive ketones (excluding diaryl/α,β-unsaturated/α-hetero) is 1. The van der Waals surface area contributed by atoms with Crippen LogP contribution >= 0.6 is 0 Å². The molecule has 234 valence electrons. The van der Waals surface area contributed by atoms with E-state index in [1.165, 1.54) is 36.9 Å². The van der Waals surface area contributed by atoms with E-state index in [1.807, 2.05) is 30.3 Å². The summed E-state index contributed by atoms with van der Waals surface area (Å²) >= 11 is 0. The molecule has 0 radical (unpaired) electrons. The lowest BCUT2D eigenvalue weighted by Gasteiger charge is -2.37. The van der Waals surface area contributed by atoms with Gasteiger partial charge in [-0.1, -0.05) is 98.8 Å². The maximum absolute atomic E-state index is 14.4. The highest BCUT2D eigenvalue weighted by atomic mass is 16.5. The molecule has 2 aliphatic carbocycles. The molecule has 2 aromatic carbocycles. The molecule has 6 nitrogen and oxygen atoms in total. The first-order valence-corrected chi connectivity index (χ1v) is 16.8. The van der Waals surface area contributed by atoms with Crippen molar-refractivity contribution >= 4 is 16.8 Å². The largest absolute Gasteiger partial charge is 0.505 e. The van der Waals surface area contributed by atoms with E-state index in [0.717, 1.165) is 48.0 Å². The Bertz CT molecular complexity index is 1400. The lowest BCUT2D eigenvalue weighted by molar-refractivity contribution is -0.139. The molecular formula is C37H53N3O3. The van der Waals surface area contributed by atoms with Gasteiger partial charge in [-0.2, -0.15) is 0 Å². The molecule has 0 bridgehead atoms. The molecule has 4 atom stereocenters. The van der Waals surface area contributed by atoms with Crippen molar-refractivity contribution in [3.05, 3.63) is 47.5 Å². The minimum atomic E-state index is -0.402. The molecule has 0 aliphatic heterocycles. The van der Waals surface area contributed by atoms with Gasteiger partial charge in [-0.3, -0.25) is 4.79 Å². The second-order valence-corrected chi connectivity index (χ2v) is 14.9.